The van der Waals surface area contributed by atoms with Crippen molar-refractivity contribution in [1.29, 1.82) is 0 Å². The van der Waals surface area contributed by atoms with Gasteiger partial charge in [0, 0.05) is 30.8 Å². The van der Waals surface area contributed by atoms with E-state index < -0.39 is 17.2 Å². The maximum absolute atomic E-state index is 13.1. The van der Waals surface area contributed by atoms with Crippen LogP contribution < -0.4 is 9.62 Å². The Morgan fingerprint density at radius 1 is 1.05 bits per heavy atom. The second kappa shape index (κ2) is 11.7. The van der Waals surface area contributed by atoms with Gasteiger partial charge in [-0.25, -0.2) is 14.3 Å². The summed E-state index contributed by atoms with van der Waals surface area (Å²) >= 11 is -2.85. The molecular formula is C29H28N7O3S-. The maximum Gasteiger partial charge on any atom is 0.269 e. The molecule has 3 heterocycles. The van der Waals surface area contributed by atoms with Crippen LogP contribution in [0.5, 0.6) is 0 Å². The average Bonchev–Trinajstić information content (AvgIpc) is 3.31. The molecule has 1 unspecified atom stereocenters. The van der Waals surface area contributed by atoms with Crippen molar-refractivity contribution < 1.29 is 13.6 Å². The summed E-state index contributed by atoms with van der Waals surface area (Å²) < 4.78 is 27.3. The number of rotatable bonds is 9. The summed E-state index contributed by atoms with van der Waals surface area (Å²) in [6.07, 6.45) is 4.70. The van der Waals surface area contributed by atoms with E-state index in [-0.39, 0.29) is 11.3 Å². The SMILES string of the molecule is CCCc1nc2c(C)nc(NC)nc2n1Cc1ccc(-c2ccncc2N(C(=O)c2ccccc2)S(=O)[O-])cc1. The molecule has 5 rings (SSSR count). The van der Waals surface area contributed by atoms with E-state index in [9.17, 15) is 13.6 Å². The average molecular weight is 555 g/mol. The van der Waals surface area contributed by atoms with E-state index in [4.69, 9.17) is 4.98 Å². The predicted octanol–water partition coefficient (Wildman–Crippen LogP) is 4.68. The molecule has 1 N–H and O–H groups in total. The van der Waals surface area contributed by atoms with E-state index in [0.29, 0.717) is 18.1 Å². The van der Waals surface area contributed by atoms with Gasteiger partial charge in [0.05, 0.1) is 35.4 Å². The molecular weight excluding hydrogens is 526 g/mol. The Morgan fingerprint density at radius 2 is 1.80 bits per heavy atom. The van der Waals surface area contributed by atoms with Gasteiger partial charge >= 0.3 is 0 Å². The molecule has 0 fully saturated rings. The molecule has 1 atom stereocenters. The highest BCUT2D eigenvalue weighted by Crippen LogP contribution is 2.32. The summed E-state index contributed by atoms with van der Waals surface area (Å²) in [6.45, 7) is 4.60. The summed E-state index contributed by atoms with van der Waals surface area (Å²) in [5, 5.41) is 3.02. The number of aryl methyl sites for hydroxylation is 2. The number of hydrogen-bond acceptors (Lipinski definition) is 8. The van der Waals surface area contributed by atoms with Gasteiger partial charge in [0.25, 0.3) is 5.91 Å². The van der Waals surface area contributed by atoms with Gasteiger partial charge in [0.15, 0.2) is 5.65 Å². The summed E-state index contributed by atoms with van der Waals surface area (Å²) in [4.78, 5) is 31.2. The molecule has 3 aromatic heterocycles. The molecule has 10 nitrogen and oxygen atoms in total. The number of pyridine rings is 1. The number of nitrogens with zero attached hydrogens (tertiary/aromatic N) is 6. The molecule has 0 spiro atoms. The van der Waals surface area contributed by atoms with Crippen LogP contribution in [-0.2, 0) is 24.2 Å². The molecule has 0 aliphatic heterocycles. The van der Waals surface area contributed by atoms with Crippen LogP contribution in [0.4, 0.5) is 11.6 Å². The summed E-state index contributed by atoms with van der Waals surface area (Å²) in [6, 6.07) is 17.8. The lowest BCUT2D eigenvalue weighted by molar-refractivity contribution is 0.100. The van der Waals surface area contributed by atoms with Gasteiger partial charge < -0.3 is 14.4 Å². The minimum absolute atomic E-state index is 0.176. The van der Waals surface area contributed by atoms with Crippen LogP contribution in [0.25, 0.3) is 22.3 Å². The standard InChI is InChI=1S/C29H29N7O3S/c1-4-8-25-33-26-19(2)32-29(30-3)34-27(26)35(25)18-20-11-13-21(14-12-20)23-15-16-31-17-24(23)36(40(38)39)28(37)22-9-6-5-7-10-22/h5-7,9-17H,4,8,18H2,1-3H3,(H,38,39)(H,30,32,34)/p-1. The molecule has 0 aliphatic rings. The van der Waals surface area contributed by atoms with Crippen LogP contribution >= 0.6 is 0 Å². The fourth-order valence-electron chi connectivity index (χ4n) is 4.59. The number of aromatic nitrogens is 5. The second-order valence-corrected chi connectivity index (χ2v) is 9.99. The minimum Gasteiger partial charge on any atom is -0.755 e. The van der Waals surface area contributed by atoms with Crippen LogP contribution in [-0.4, -0.2) is 46.2 Å². The minimum atomic E-state index is -2.85. The van der Waals surface area contributed by atoms with Gasteiger partial charge in [-0.2, -0.15) is 4.98 Å². The number of carbonyl (C=O) groups is 1. The zero-order chi connectivity index (χ0) is 28.2. The largest absolute Gasteiger partial charge is 0.755 e. The Kier molecular flexibility index (Phi) is 7.94. The quantitative estimate of drug-likeness (QED) is 0.260. The molecule has 1 amide bonds. The van der Waals surface area contributed by atoms with E-state index in [1.54, 1.807) is 49.6 Å². The number of benzene rings is 2. The Hall–Kier alpha value is -4.48. The highest BCUT2D eigenvalue weighted by Gasteiger charge is 2.22. The normalized spacial score (nSPS) is 11.9. The molecule has 11 heteroatoms. The molecule has 0 saturated carbocycles. The van der Waals surface area contributed by atoms with Crippen molar-refractivity contribution in [3.63, 3.8) is 0 Å². The van der Waals surface area contributed by atoms with Crippen molar-refractivity contribution in [2.75, 3.05) is 16.7 Å². The molecule has 0 aliphatic carbocycles. The lowest BCUT2D eigenvalue weighted by atomic mass is 10.0. The fourth-order valence-corrected chi connectivity index (χ4v) is 5.14. The lowest BCUT2D eigenvalue weighted by Crippen LogP contribution is -2.33. The first-order valence-electron chi connectivity index (χ1n) is 12.8. The van der Waals surface area contributed by atoms with Crippen LogP contribution in [0.2, 0.25) is 0 Å². The van der Waals surface area contributed by atoms with Crippen LogP contribution in [0.1, 0.15) is 40.8 Å². The number of hydrogen-bond donors (Lipinski definition) is 1. The Labute approximate surface area is 234 Å². The number of fused-ring (bicyclic) bond motifs is 1. The summed E-state index contributed by atoms with van der Waals surface area (Å²) in [7, 11) is 1.79. The third-order valence-corrected chi connectivity index (χ3v) is 7.18. The van der Waals surface area contributed by atoms with Crippen molar-refractivity contribution >= 4 is 40.0 Å². The number of carbonyl (C=O) groups excluding carboxylic acids is 1. The Bertz CT molecular complexity index is 1690. The van der Waals surface area contributed by atoms with Gasteiger partial charge in [-0.1, -0.05) is 49.4 Å². The van der Waals surface area contributed by atoms with E-state index in [0.717, 1.165) is 51.0 Å². The van der Waals surface area contributed by atoms with E-state index in [1.165, 1.54) is 6.20 Å². The van der Waals surface area contributed by atoms with Crippen LogP contribution in [0.15, 0.2) is 73.1 Å². The van der Waals surface area contributed by atoms with Crippen molar-refractivity contribution in [3.05, 3.63) is 95.7 Å². The highest BCUT2D eigenvalue weighted by atomic mass is 32.2. The Balaban J connectivity index is 1.50. The molecule has 0 bridgehead atoms. The van der Waals surface area contributed by atoms with Gasteiger partial charge in [0.2, 0.25) is 5.95 Å². The lowest BCUT2D eigenvalue weighted by Gasteiger charge is -2.26. The van der Waals surface area contributed by atoms with Crippen molar-refractivity contribution in [3.8, 4) is 11.1 Å². The first-order chi connectivity index (χ1) is 19.4. The third-order valence-electron chi connectivity index (χ3n) is 6.52. The van der Waals surface area contributed by atoms with Gasteiger partial charge in [0.1, 0.15) is 11.3 Å². The maximum atomic E-state index is 13.1. The van der Waals surface area contributed by atoms with Gasteiger partial charge in [-0.05, 0) is 42.7 Å². The predicted molar refractivity (Wildman–Crippen MR) is 155 cm³/mol. The van der Waals surface area contributed by atoms with E-state index >= 15 is 0 Å². The highest BCUT2D eigenvalue weighted by molar-refractivity contribution is 7.81. The first-order valence-corrected chi connectivity index (χ1v) is 13.9. The fraction of sp³-hybridized carbons (Fsp3) is 0.207. The molecule has 0 saturated heterocycles. The number of anilines is 2. The smallest absolute Gasteiger partial charge is 0.269 e. The first kappa shape index (κ1) is 27.1. The van der Waals surface area contributed by atoms with Gasteiger partial charge in [-0.3, -0.25) is 14.0 Å². The van der Waals surface area contributed by atoms with Crippen molar-refractivity contribution in [1.82, 2.24) is 24.5 Å². The molecule has 204 valence electrons. The zero-order valence-corrected chi connectivity index (χ0v) is 23.2. The topological polar surface area (TPSA) is 129 Å². The van der Waals surface area contributed by atoms with E-state index in [2.05, 4.69) is 31.8 Å². The zero-order valence-electron chi connectivity index (χ0n) is 22.4. The molecule has 5 aromatic rings. The summed E-state index contributed by atoms with van der Waals surface area (Å²) in [5.41, 5.74) is 5.14. The number of nitrogens with one attached hydrogen (secondary N) is 1. The Morgan fingerprint density at radius 3 is 2.48 bits per heavy atom. The number of imidazole rings is 1. The van der Waals surface area contributed by atoms with Crippen molar-refractivity contribution in [2.45, 2.75) is 33.2 Å². The summed E-state index contributed by atoms with van der Waals surface area (Å²) in [5.74, 6) is 0.824. The molecule has 2 aromatic carbocycles. The molecule has 0 radical (unpaired) electrons. The third kappa shape index (κ3) is 5.33. The molecule has 40 heavy (non-hydrogen) atoms. The van der Waals surface area contributed by atoms with Crippen LogP contribution in [0.3, 0.4) is 0 Å². The van der Waals surface area contributed by atoms with Crippen molar-refractivity contribution in [2.24, 2.45) is 0 Å². The monoisotopic (exact) mass is 554 g/mol. The van der Waals surface area contributed by atoms with Gasteiger partial charge in [-0.15, -0.1) is 0 Å². The number of amides is 1. The second-order valence-electron chi connectivity index (χ2n) is 9.19. The van der Waals surface area contributed by atoms with Crippen LogP contribution in [0, 0.1) is 6.92 Å². The van der Waals surface area contributed by atoms with E-state index in [1.807, 2.05) is 31.2 Å².